The first-order valence-corrected chi connectivity index (χ1v) is 12.3. The first-order valence-electron chi connectivity index (χ1n) is 9.94. The van der Waals surface area contributed by atoms with Crippen molar-refractivity contribution in [3.05, 3.63) is 41.8 Å². The van der Waals surface area contributed by atoms with Crippen LogP contribution in [0.4, 0.5) is 5.69 Å². The lowest BCUT2D eigenvalue weighted by molar-refractivity contribution is 0.0615. The monoisotopic (exact) mass is 478 g/mol. The van der Waals surface area contributed by atoms with Crippen molar-refractivity contribution >= 4 is 27.0 Å². The van der Waals surface area contributed by atoms with Gasteiger partial charge in [-0.15, -0.1) is 11.3 Å². The third kappa shape index (κ3) is 3.97. The standard InChI is InChI=1S/C19H22N6O5S2/c1-24(2)12-5-3-6-13(9-12)30-19-20-22-23-25(19)15-11-29-17-14(10-28-18(15)17)21-32(26,27)16-7-4-8-31-16/h3-9,14-15,17-18,21H,10-11H2,1-2H3/t14-,15-,17+,18+/m0/s1. The van der Waals surface area contributed by atoms with Crippen molar-refractivity contribution in [3.8, 4) is 11.8 Å². The van der Waals surface area contributed by atoms with Crippen molar-refractivity contribution in [3.63, 3.8) is 0 Å². The SMILES string of the molecule is CN(C)c1cccc(Oc2nnnn2[C@H]2CO[C@H]3[C@@H]2OC[C@@H]3NS(=O)(=O)c2cccs2)c1. The fraction of sp³-hybridized carbons (Fsp3) is 0.421. The maximum atomic E-state index is 12.6. The van der Waals surface area contributed by atoms with E-state index in [1.807, 2.05) is 43.3 Å². The molecule has 2 saturated heterocycles. The van der Waals surface area contributed by atoms with Gasteiger partial charge in [-0.1, -0.05) is 17.2 Å². The van der Waals surface area contributed by atoms with Gasteiger partial charge in [-0.3, -0.25) is 0 Å². The molecule has 4 heterocycles. The summed E-state index contributed by atoms with van der Waals surface area (Å²) in [5.74, 6) is 0.594. The molecule has 13 heteroatoms. The highest BCUT2D eigenvalue weighted by Crippen LogP contribution is 2.36. The Hall–Kier alpha value is -2.58. The number of fused-ring (bicyclic) bond motifs is 1. The molecule has 2 aliphatic heterocycles. The molecule has 32 heavy (non-hydrogen) atoms. The smallest absolute Gasteiger partial charge is 0.341 e. The lowest BCUT2D eigenvalue weighted by Gasteiger charge is -2.18. The van der Waals surface area contributed by atoms with Crippen molar-refractivity contribution in [2.24, 2.45) is 0 Å². The van der Waals surface area contributed by atoms with Gasteiger partial charge >= 0.3 is 6.01 Å². The highest BCUT2D eigenvalue weighted by Gasteiger charge is 2.51. The Labute approximate surface area is 188 Å². The lowest BCUT2D eigenvalue weighted by Crippen LogP contribution is -2.43. The number of benzene rings is 1. The fourth-order valence-electron chi connectivity index (χ4n) is 3.85. The van der Waals surface area contributed by atoms with E-state index in [4.69, 9.17) is 14.2 Å². The molecule has 11 nitrogen and oxygen atoms in total. The number of hydrogen-bond donors (Lipinski definition) is 1. The largest absolute Gasteiger partial charge is 0.423 e. The normalized spacial score (nSPS) is 25.1. The van der Waals surface area contributed by atoms with Gasteiger partial charge in [0.25, 0.3) is 0 Å². The van der Waals surface area contributed by atoms with Gasteiger partial charge in [-0.05, 0) is 34.0 Å². The minimum atomic E-state index is -3.64. The molecule has 3 aromatic rings. The minimum Gasteiger partial charge on any atom is -0.423 e. The van der Waals surface area contributed by atoms with Crippen molar-refractivity contribution in [2.45, 2.75) is 28.5 Å². The summed E-state index contributed by atoms with van der Waals surface area (Å²) in [5, 5.41) is 13.6. The summed E-state index contributed by atoms with van der Waals surface area (Å²) < 4.78 is 47.5. The Kier molecular flexibility index (Phi) is 5.59. The molecule has 1 N–H and O–H groups in total. The van der Waals surface area contributed by atoms with E-state index in [9.17, 15) is 8.42 Å². The molecule has 5 rings (SSSR count). The average molecular weight is 479 g/mol. The molecule has 0 unspecified atom stereocenters. The number of tetrazole rings is 1. The lowest BCUT2D eigenvalue weighted by atomic mass is 10.1. The van der Waals surface area contributed by atoms with Crippen LogP contribution in [0.5, 0.6) is 11.8 Å². The predicted octanol–water partition coefficient (Wildman–Crippen LogP) is 1.28. The van der Waals surface area contributed by atoms with E-state index in [2.05, 4.69) is 20.2 Å². The molecule has 0 aliphatic carbocycles. The maximum absolute atomic E-state index is 12.6. The van der Waals surface area contributed by atoms with Gasteiger partial charge in [0.15, 0.2) is 0 Å². The summed E-state index contributed by atoms with van der Waals surface area (Å²) in [6.07, 6.45) is -0.867. The zero-order chi connectivity index (χ0) is 22.3. The first kappa shape index (κ1) is 21.3. The second-order valence-corrected chi connectivity index (χ2v) is 10.6. The molecule has 170 valence electrons. The van der Waals surface area contributed by atoms with Crippen LogP contribution in [0.3, 0.4) is 0 Å². The van der Waals surface area contributed by atoms with Crippen molar-refractivity contribution in [2.75, 3.05) is 32.2 Å². The Balaban J connectivity index is 1.31. The summed E-state index contributed by atoms with van der Waals surface area (Å²) in [7, 11) is 0.251. The van der Waals surface area contributed by atoms with Gasteiger partial charge in [0, 0.05) is 25.8 Å². The van der Waals surface area contributed by atoms with E-state index in [-0.39, 0.29) is 29.5 Å². The molecule has 1 aromatic carbocycles. The molecule has 0 radical (unpaired) electrons. The molecule has 2 aromatic heterocycles. The molecule has 0 amide bonds. The minimum absolute atomic E-state index is 0.194. The quantitative estimate of drug-likeness (QED) is 0.535. The van der Waals surface area contributed by atoms with Crippen LogP contribution >= 0.6 is 11.3 Å². The van der Waals surface area contributed by atoms with Crippen LogP contribution in [-0.2, 0) is 19.5 Å². The Morgan fingerprint density at radius 1 is 1.19 bits per heavy atom. The molecular weight excluding hydrogens is 456 g/mol. The predicted molar refractivity (Wildman–Crippen MR) is 116 cm³/mol. The molecule has 2 aliphatic rings. The van der Waals surface area contributed by atoms with E-state index >= 15 is 0 Å². The summed E-state index contributed by atoms with van der Waals surface area (Å²) in [6, 6.07) is 10.2. The summed E-state index contributed by atoms with van der Waals surface area (Å²) in [6.45, 7) is 0.464. The van der Waals surface area contributed by atoms with Crippen LogP contribution in [0, 0.1) is 0 Å². The summed E-state index contributed by atoms with van der Waals surface area (Å²) >= 11 is 1.16. The zero-order valence-electron chi connectivity index (χ0n) is 17.4. The third-order valence-corrected chi connectivity index (χ3v) is 8.30. The van der Waals surface area contributed by atoms with E-state index in [0.29, 0.717) is 5.75 Å². The summed E-state index contributed by atoms with van der Waals surface area (Å²) in [5.41, 5.74) is 0.978. The van der Waals surface area contributed by atoms with Crippen molar-refractivity contribution in [1.82, 2.24) is 24.9 Å². The van der Waals surface area contributed by atoms with Crippen LogP contribution in [-0.4, -0.2) is 74.2 Å². The Morgan fingerprint density at radius 3 is 2.81 bits per heavy atom. The second kappa shape index (κ2) is 8.41. The number of nitrogens with zero attached hydrogens (tertiary/aromatic N) is 5. The van der Waals surface area contributed by atoms with Crippen molar-refractivity contribution in [1.29, 1.82) is 0 Å². The second-order valence-electron chi connectivity index (χ2n) is 7.72. The van der Waals surface area contributed by atoms with Gasteiger partial charge in [0.2, 0.25) is 10.0 Å². The maximum Gasteiger partial charge on any atom is 0.341 e. The van der Waals surface area contributed by atoms with Gasteiger partial charge in [-0.25, -0.2) is 13.1 Å². The van der Waals surface area contributed by atoms with Crippen LogP contribution in [0.25, 0.3) is 0 Å². The molecule has 2 fully saturated rings. The number of hydrogen-bond acceptors (Lipinski definition) is 10. The van der Waals surface area contributed by atoms with Gasteiger partial charge < -0.3 is 19.1 Å². The number of anilines is 1. The Morgan fingerprint density at radius 2 is 2.03 bits per heavy atom. The molecular formula is C19H22N6O5S2. The number of aromatic nitrogens is 4. The topological polar surface area (TPSA) is 121 Å². The third-order valence-electron chi connectivity index (χ3n) is 5.41. The molecule has 0 bridgehead atoms. The summed E-state index contributed by atoms with van der Waals surface area (Å²) in [4.78, 5) is 1.97. The van der Waals surface area contributed by atoms with E-state index in [1.54, 1.807) is 17.5 Å². The average Bonchev–Trinajstić information content (AvgIpc) is 3.54. The molecule has 4 atom stereocenters. The van der Waals surface area contributed by atoms with Crippen LogP contribution < -0.4 is 14.4 Å². The van der Waals surface area contributed by atoms with Gasteiger partial charge in [0.05, 0.1) is 19.3 Å². The number of ether oxygens (including phenoxy) is 3. The highest BCUT2D eigenvalue weighted by atomic mass is 32.2. The van der Waals surface area contributed by atoms with Crippen LogP contribution in [0.1, 0.15) is 6.04 Å². The van der Waals surface area contributed by atoms with E-state index < -0.39 is 28.3 Å². The number of sulfonamides is 1. The Bertz CT molecular complexity index is 1180. The number of thiophene rings is 1. The van der Waals surface area contributed by atoms with Crippen LogP contribution in [0.15, 0.2) is 46.0 Å². The van der Waals surface area contributed by atoms with E-state index in [0.717, 1.165) is 17.0 Å². The first-order chi connectivity index (χ1) is 15.4. The van der Waals surface area contributed by atoms with Crippen LogP contribution in [0.2, 0.25) is 0 Å². The number of rotatable bonds is 7. The van der Waals surface area contributed by atoms with Gasteiger partial charge in [0.1, 0.15) is 28.2 Å². The fourth-order valence-corrected chi connectivity index (χ4v) is 6.10. The van der Waals surface area contributed by atoms with Crippen molar-refractivity contribution < 1.29 is 22.6 Å². The number of nitrogens with one attached hydrogen (secondary N) is 1. The van der Waals surface area contributed by atoms with E-state index in [1.165, 1.54) is 4.68 Å². The molecule has 0 saturated carbocycles. The zero-order valence-corrected chi connectivity index (χ0v) is 19.0. The molecule has 0 spiro atoms. The van der Waals surface area contributed by atoms with Gasteiger partial charge in [-0.2, -0.15) is 4.68 Å². The highest BCUT2D eigenvalue weighted by molar-refractivity contribution is 7.91.